The van der Waals surface area contributed by atoms with Gasteiger partial charge in [-0.1, -0.05) is 26.2 Å². The molecule has 1 aliphatic carbocycles. The Balaban J connectivity index is 2.52. The van der Waals surface area contributed by atoms with Crippen molar-refractivity contribution < 1.29 is 25.2 Å². The first-order chi connectivity index (χ1) is 9.76. The first kappa shape index (κ1) is 18.4. The van der Waals surface area contributed by atoms with Gasteiger partial charge in [-0.15, -0.1) is 0 Å². The Hall–Kier alpha value is -0.650. The molecule has 1 aliphatic rings. The number of unbranched alkanes of at least 4 members (excludes halogenated alkanes) is 2. The normalized spacial score (nSPS) is 32.0. The Morgan fingerprint density at radius 1 is 1.14 bits per heavy atom. The molecule has 5 atom stereocenters. The highest BCUT2D eigenvalue weighted by Gasteiger charge is 2.42. The average molecular weight is 302 g/mol. The molecule has 1 unspecified atom stereocenters. The van der Waals surface area contributed by atoms with Gasteiger partial charge in [-0.25, -0.2) is 0 Å². The molecule has 0 spiro atoms. The second-order valence-electron chi connectivity index (χ2n) is 6.79. The molecule has 5 nitrogen and oxygen atoms in total. The topological polar surface area (TPSA) is 98.0 Å². The number of aliphatic hydroxyl groups is 3. The zero-order chi connectivity index (χ0) is 16.0. The zero-order valence-electron chi connectivity index (χ0n) is 13.2. The van der Waals surface area contributed by atoms with Crippen molar-refractivity contribution in [3.63, 3.8) is 0 Å². The molecule has 0 aliphatic heterocycles. The minimum absolute atomic E-state index is 0.124. The van der Waals surface area contributed by atoms with Crippen LogP contribution in [0.25, 0.3) is 0 Å². The Morgan fingerprint density at radius 2 is 1.76 bits per heavy atom. The van der Waals surface area contributed by atoms with Gasteiger partial charge in [-0.05, 0) is 38.5 Å². The molecule has 5 heteroatoms. The number of carboxylic acids is 1. The van der Waals surface area contributed by atoms with Crippen LogP contribution in [0, 0.1) is 11.8 Å². The summed E-state index contributed by atoms with van der Waals surface area (Å²) in [6.07, 6.45) is 3.64. The van der Waals surface area contributed by atoms with Crippen molar-refractivity contribution in [2.45, 2.75) is 83.0 Å². The number of rotatable bonds is 9. The molecule has 1 saturated carbocycles. The first-order valence-corrected chi connectivity index (χ1v) is 8.07. The highest BCUT2D eigenvalue weighted by atomic mass is 16.4. The highest BCUT2D eigenvalue weighted by Crippen LogP contribution is 2.39. The summed E-state index contributed by atoms with van der Waals surface area (Å²) in [5.41, 5.74) is -0.782. The van der Waals surface area contributed by atoms with Gasteiger partial charge in [-0.3, -0.25) is 4.79 Å². The quantitative estimate of drug-likeness (QED) is 0.488. The maximum atomic E-state index is 10.9. The lowest BCUT2D eigenvalue weighted by atomic mass is 9.82. The highest BCUT2D eigenvalue weighted by molar-refractivity contribution is 5.67. The maximum Gasteiger partial charge on any atom is 0.303 e. The summed E-state index contributed by atoms with van der Waals surface area (Å²) in [5.74, 6) is -1.61. The van der Waals surface area contributed by atoms with E-state index in [1.54, 1.807) is 6.92 Å². The van der Waals surface area contributed by atoms with Crippen LogP contribution in [0.5, 0.6) is 0 Å². The van der Waals surface area contributed by atoms with Crippen LogP contribution in [0.4, 0.5) is 0 Å². The number of aliphatic carboxylic acids is 1. The Labute approximate surface area is 127 Å². The van der Waals surface area contributed by atoms with Gasteiger partial charge in [0.25, 0.3) is 0 Å². The van der Waals surface area contributed by atoms with E-state index in [0.717, 1.165) is 25.7 Å². The smallest absolute Gasteiger partial charge is 0.303 e. The van der Waals surface area contributed by atoms with E-state index in [2.05, 4.69) is 6.92 Å². The predicted octanol–water partition coefficient (Wildman–Crippen LogP) is 1.93. The number of aliphatic hydroxyl groups excluding tert-OH is 2. The molecule has 0 aromatic carbocycles. The summed E-state index contributed by atoms with van der Waals surface area (Å²) < 4.78 is 0. The lowest BCUT2D eigenvalue weighted by Gasteiger charge is -2.28. The van der Waals surface area contributed by atoms with Crippen LogP contribution in [0.15, 0.2) is 0 Å². The number of carbonyl (C=O) groups is 1. The van der Waals surface area contributed by atoms with Gasteiger partial charge >= 0.3 is 5.97 Å². The van der Waals surface area contributed by atoms with Crippen molar-refractivity contribution in [3.8, 4) is 0 Å². The van der Waals surface area contributed by atoms with Crippen molar-refractivity contribution in [3.05, 3.63) is 0 Å². The van der Waals surface area contributed by atoms with Crippen molar-refractivity contribution in [1.82, 2.24) is 0 Å². The van der Waals surface area contributed by atoms with Crippen LogP contribution >= 0.6 is 0 Å². The summed E-state index contributed by atoms with van der Waals surface area (Å²) >= 11 is 0. The number of hydrogen-bond acceptors (Lipinski definition) is 4. The molecular weight excluding hydrogens is 272 g/mol. The molecule has 21 heavy (non-hydrogen) atoms. The molecule has 0 aromatic rings. The Bertz CT molecular complexity index is 329. The second-order valence-corrected chi connectivity index (χ2v) is 6.79. The maximum absolute atomic E-state index is 10.9. The van der Waals surface area contributed by atoms with Crippen LogP contribution in [-0.4, -0.2) is 44.2 Å². The fourth-order valence-corrected chi connectivity index (χ4v) is 3.42. The minimum atomic E-state index is -0.951. The van der Waals surface area contributed by atoms with Gasteiger partial charge in [0.1, 0.15) is 0 Å². The van der Waals surface area contributed by atoms with E-state index < -0.39 is 29.7 Å². The van der Waals surface area contributed by atoms with Gasteiger partial charge in [0.2, 0.25) is 0 Å². The van der Waals surface area contributed by atoms with Crippen molar-refractivity contribution >= 4 is 5.97 Å². The van der Waals surface area contributed by atoms with Crippen molar-refractivity contribution in [2.75, 3.05) is 0 Å². The number of hydrogen-bond donors (Lipinski definition) is 4. The fourth-order valence-electron chi connectivity index (χ4n) is 3.42. The summed E-state index contributed by atoms with van der Waals surface area (Å²) in [6.45, 7) is 3.91. The van der Waals surface area contributed by atoms with Crippen LogP contribution in [0.3, 0.4) is 0 Å². The van der Waals surface area contributed by atoms with E-state index in [1.165, 1.54) is 0 Å². The molecule has 0 heterocycles. The third-order valence-corrected chi connectivity index (χ3v) is 4.77. The van der Waals surface area contributed by atoms with E-state index in [9.17, 15) is 20.1 Å². The van der Waals surface area contributed by atoms with Gasteiger partial charge in [0, 0.05) is 5.92 Å². The third-order valence-electron chi connectivity index (χ3n) is 4.77. The molecule has 4 N–H and O–H groups in total. The Kier molecular flexibility index (Phi) is 7.10. The summed E-state index contributed by atoms with van der Waals surface area (Å²) in [5, 5.41) is 39.2. The van der Waals surface area contributed by atoms with Gasteiger partial charge in [0.15, 0.2) is 0 Å². The lowest BCUT2D eigenvalue weighted by molar-refractivity contribution is -0.139. The third kappa shape index (κ3) is 5.93. The molecule has 0 aromatic heterocycles. The van der Waals surface area contributed by atoms with Gasteiger partial charge in [0.05, 0.1) is 24.2 Å². The van der Waals surface area contributed by atoms with Crippen LogP contribution in [-0.2, 0) is 4.79 Å². The van der Waals surface area contributed by atoms with Crippen molar-refractivity contribution in [2.24, 2.45) is 11.8 Å². The predicted molar refractivity (Wildman–Crippen MR) is 79.9 cm³/mol. The molecule has 124 valence electrons. The van der Waals surface area contributed by atoms with Crippen LogP contribution in [0.1, 0.15) is 65.2 Å². The average Bonchev–Trinajstić information content (AvgIpc) is 2.61. The van der Waals surface area contributed by atoms with E-state index in [1.807, 2.05) is 0 Å². The second kappa shape index (κ2) is 8.11. The molecule has 0 bridgehead atoms. The van der Waals surface area contributed by atoms with Gasteiger partial charge < -0.3 is 20.4 Å². The molecule has 1 fully saturated rings. The fraction of sp³-hybridized carbons (Fsp3) is 0.938. The molecule has 0 radical (unpaired) electrons. The van der Waals surface area contributed by atoms with E-state index >= 15 is 0 Å². The molecule has 0 amide bonds. The lowest BCUT2D eigenvalue weighted by Crippen LogP contribution is -2.30. The molecular formula is C16H30O5. The van der Waals surface area contributed by atoms with Crippen LogP contribution in [0.2, 0.25) is 0 Å². The van der Waals surface area contributed by atoms with E-state index in [0.29, 0.717) is 12.8 Å². The monoisotopic (exact) mass is 302 g/mol. The molecule has 0 saturated heterocycles. The largest absolute Gasteiger partial charge is 0.481 e. The summed E-state index contributed by atoms with van der Waals surface area (Å²) in [6, 6.07) is 0. The van der Waals surface area contributed by atoms with Crippen LogP contribution < -0.4 is 0 Å². The summed E-state index contributed by atoms with van der Waals surface area (Å²) in [4.78, 5) is 10.9. The molecule has 1 rings (SSSR count). The standard InChI is InChI=1S/C16H30O5/c1-3-4-5-7-16(2,21)8-6-11-12(9-15(19)20)14(18)10-13(11)17/h11-14,17-18,21H,3-10H2,1-2H3,(H,19,20)/t11-,12-,13-,14+,16?/m1/s1. The number of carboxylic acid groups (broad SMARTS) is 1. The Morgan fingerprint density at radius 3 is 2.33 bits per heavy atom. The summed E-state index contributed by atoms with van der Waals surface area (Å²) in [7, 11) is 0. The van der Waals surface area contributed by atoms with Gasteiger partial charge in [-0.2, -0.15) is 0 Å². The van der Waals surface area contributed by atoms with E-state index in [-0.39, 0.29) is 18.8 Å². The zero-order valence-corrected chi connectivity index (χ0v) is 13.2. The van der Waals surface area contributed by atoms with E-state index in [4.69, 9.17) is 5.11 Å². The van der Waals surface area contributed by atoms with Crippen molar-refractivity contribution in [1.29, 1.82) is 0 Å². The SMILES string of the molecule is CCCCCC(C)(O)CC[C@@H]1[C@@H](CC(=O)O)[C@@H](O)C[C@H]1O. The minimum Gasteiger partial charge on any atom is -0.481 e. The first-order valence-electron chi connectivity index (χ1n) is 8.07.